The standard InChI is InChI=1S/C25H27N3O3/c1-17(2)31-23-9-5-8-22(15-23)27-24(29)16-26-20-10-12-21(13-11-20)28-25(30)19-7-4-6-18(3)14-19/h4-15,17,26H,16H2,1-3H3,(H,27,29)(H,28,30). The van der Waals surface area contributed by atoms with Gasteiger partial charge in [0, 0.05) is 28.7 Å². The van der Waals surface area contributed by atoms with E-state index >= 15 is 0 Å². The minimum Gasteiger partial charge on any atom is -0.491 e. The van der Waals surface area contributed by atoms with E-state index in [9.17, 15) is 9.59 Å². The van der Waals surface area contributed by atoms with Gasteiger partial charge in [-0.15, -0.1) is 0 Å². The van der Waals surface area contributed by atoms with Crippen molar-refractivity contribution in [1.82, 2.24) is 0 Å². The Kier molecular flexibility index (Phi) is 7.27. The molecule has 0 aliphatic rings. The third kappa shape index (κ3) is 6.89. The maximum Gasteiger partial charge on any atom is 0.255 e. The average Bonchev–Trinajstić information content (AvgIpc) is 2.73. The van der Waals surface area contributed by atoms with E-state index in [-0.39, 0.29) is 24.5 Å². The van der Waals surface area contributed by atoms with Gasteiger partial charge in [0.2, 0.25) is 5.91 Å². The van der Waals surface area contributed by atoms with Gasteiger partial charge in [0.1, 0.15) is 5.75 Å². The van der Waals surface area contributed by atoms with Gasteiger partial charge in [-0.3, -0.25) is 9.59 Å². The summed E-state index contributed by atoms with van der Waals surface area (Å²) < 4.78 is 5.64. The second kappa shape index (κ2) is 10.3. The van der Waals surface area contributed by atoms with Crippen LogP contribution in [-0.4, -0.2) is 24.5 Å². The van der Waals surface area contributed by atoms with Gasteiger partial charge in [-0.25, -0.2) is 0 Å². The zero-order chi connectivity index (χ0) is 22.2. The summed E-state index contributed by atoms with van der Waals surface area (Å²) in [5.74, 6) is 0.384. The number of nitrogens with one attached hydrogen (secondary N) is 3. The van der Waals surface area contributed by atoms with E-state index in [1.807, 2.05) is 69.3 Å². The highest BCUT2D eigenvalue weighted by atomic mass is 16.5. The monoisotopic (exact) mass is 417 g/mol. The molecular formula is C25H27N3O3. The Hall–Kier alpha value is -3.80. The fourth-order valence-corrected chi connectivity index (χ4v) is 2.97. The number of anilines is 3. The van der Waals surface area contributed by atoms with E-state index in [2.05, 4.69) is 16.0 Å². The van der Waals surface area contributed by atoms with Crippen molar-refractivity contribution in [1.29, 1.82) is 0 Å². The normalized spacial score (nSPS) is 10.5. The van der Waals surface area contributed by atoms with Crippen LogP contribution in [0.1, 0.15) is 29.8 Å². The van der Waals surface area contributed by atoms with Crippen molar-refractivity contribution in [2.24, 2.45) is 0 Å². The van der Waals surface area contributed by atoms with Gasteiger partial charge in [0.25, 0.3) is 5.91 Å². The maximum atomic E-state index is 12.3. The van der Waals surface area contributed by atoms with E-state index in [1.165, 1.54) is 0 Å². The zero-order valence-electron chi connectivity index (χ0n) is 17.9. The van der Waals surface area contributed by atoms with Crippen LogP contribution >= 0.6 is 0 Å². The van der Waals surface area contributed by atoms with Crippen LogP contribution in [0.3, 0.4) is 0 Å². The number of hydrogen-bond acceptors (Lipinski definition) is 4. The number of aryl methyl sites for hydroxylation is 1. The second-order valence-corrected chi connectivity index (χ2v) is 7.50. The van der Waals surface area contributed by atoms with E-state index in [0.717, 1.165) is 11.3 Å². The molecule has 0 saturated carbocycles. The van der Waals surface area contributed by atoms with Crippen molar-refractivity contribution >= 4 is 28.9 Å². The van der Waals surface area contributed by atoms with Crippen LogP contribution < -0.4 is 20.7 Å². The molecule has 0 aliphatic heterocycles. The lowest BCUT2D eigenvalue weighted by Gasteiger charge is -2.12. The molecule has 0 heterocycles. The van der Waals surface area contributed by atoms with Crippen LogP contribution in [0, 0.1) is 6.92 Å². The lowest BCUT2D eigenvalue weighted by molar-refractivity contribution is -0.114. The third-order valence-corrected chi connectivity index (χ3v) is 4.37. The highest BCUT2D eigenvalue weighted by Crippen LogP contribution is 2.19. The molecule has 0 spiro atoms. The van der Waals surface area contributed by atoms with E-state index in [1.54, 1.807) is 24.3 Å². The minimum absolute atomic E-state index is 0.0668. The molecule has 0 atom stereocenters. The van der Waals surface area contributed by atoms with E-state index in [4.69, 9.17) is 4.74 Å². The molecule has 31 heavy (non-hydrogen) atoms. The lowest BCUT2D eigenvalue weighted by Crippen LogP contribution is -2.21. The highest BCUT2D eigenvalue weighted by molar-refractivity contribution is 6.04. The molecule has 3 N–H and O–H groups in total. The van der Waals surface area contributed by atoms with Gasteiger partial charge in [-0.1, -0.05) is 23.8 Å². The number of hydrogen-bond donors (Lipinski definition) is 3. The molecule has 2 amide bonds. The van der Waals surface area contributed by atoms with Crippen molar-refractivity contribution in [2.75, 3.05) is 22.5 Å². The maximum absolute atomic E-state index is 12.3. The summed E-state index contributed by atoms with van der Waals surface area (Å²) in [6, 6.07) is 21.9. The number of benzene rings is 3. The smallest absolute Gasteiger partial charge is 0.255 e. The van der Waals surface area contributed by atoms with Gasteiger partial charge < -0.3 is 20.7 Å². The quantitative estimate of drug-likeness (QED) is 0.477. The summed E-state index contributed by atoms with van der Waals surface area (Å²) in [4.78, 5) is 24.6. The molecule has 0 fully saturated rings. The molecule has 3 aromatic carbocycles. The summed E-state index contributed by atoms with van der Waals surface area (Å²) in [7, 11) is 0. The van der Waals surface area contributed by atoms with Crippen LogP contribution in [0.4, 0.5) is 17.1 Å². The molecule has 0 aromatic heterocycles. The first kappa shape index (κ1) is 21.9. The van der Waals surface area contributed by atoms with Gasteiger partial charge in [-0.2, -0.15) is 0 Å². The molecule has 0 saturated heterocycles. The zero-order valence-corrected chi connectivity index (χ0v) is 17.9. The summed E-state index contributed by atoms with van der Waals surface area (Å²) >= 11 is 0. The molecule has 160 valence electrons. The van der Waals surface area contributed by atoms with Crippen molar-refractivity contribution in [2.45, 2.75) is 26.9 Å². The molecular weight excluding hydrogens is 390 g/mol. The van der Waals surface area contributed by atoms with Gasteiger partial charge in [0.15, 0.2) is 0 Å². The largest absolute Gasteiger partial charge is 0.491 e. The van der Waals surface area contributed by atoms with Crippen LogP contribution in [0.2, 0.25) is 0 Å². The predicted molar refractivity (Wildman–Crippen MR) is 125 cm³/mol. The third-order valence-electron chi connectivity index (χ3n) is 4.37. The average molecular weight is 418 g/mol. The Labute approximate surface area is 182 Å². The summed E-state index contributed by atoms with van der Waals surface area (Å²) in [6.45, 7) is 5.97. The van der Waals surface area contributed by atoms with Crippen LogP contribution in [0.25, 0.3) is 0 Å². The van der Waals surface area contributed by atoms with Crippen molar-refractivity contribution in [3.05, 3.63) is 83.9 Å². The number of amides is 2. The number of rotatable bonds is 8. The van der Waals surface area contributed by atoms with E-state index in [0.29, 0.717) is 22.7 Å². The second-order valence-electron chi connectivity index (χ2n) is 7.50. The summed E-state index contributed by atoms with van der Waals surface area (Å²) in [5.41, 5.74) is 3.79. The van der Waals surface area contributed by atoms with Gasteiger partial charge >= 0.3 is 0 Å². The van der Waals surface area contributed by atoms with Crippen LogP contribution in [0.5, 0.6) is 5.75 Å². The number of carbonyl (C=O) groups excluding carboxylic acids is 2. The highest BCUT2D eigenvalue weighted by Gasteiger charge is 2.07. The molecule has 3 aromatic rings. The topological polar surface area (TPSA) is 79.5 Å². The molecule has 0 unspecified atom stereocenters. The molecule has 6 nitrogen and oxygen atoms in total. The lowest BCUT2D eigenvalue weighted by atomic mass is 10.1. The number of ether oxygens (including phenoxy) is 1. The Morgan fingerprint density at radius 1 is 0.839 bits per heavy atom. The van der Waals surface area contributed by atoms with Crippen molar-refractivity contribution < 1.29 is 14.3 Å². The summed E-state index contributed by atoms with van der Waals surface area (Å²) in [5, 5.41) is 8.79. The van der Waals surface area contributed by atoms with Crippen LogP contribution in [-0.2, 0) is 4.79 Å². The Balaban J connectivity index is 1.50. The summed E-state index contributed by atoms with van der Waals surface area (Å²) in [6.07, 6.45) is 0.0668. The Bertz CT molecular complexity index is 1050. The first-order chi connectivity index (χ1) is 14.9. The molecule has 0 radical (unpaired) electrons. The Morgan fingerprint density at radius 3 is 2.26 bits per heavy atom. The Morgan fingerprint density at radius 2 is 1.55 bits per heavy atom. The molecule has 0 bridgehead atoms. The fourth-order valence-electron chi connectivity index (χ4n) is 2.97. The predicted octanol–water partition coefficient (Wildman–Crippen LogP) is 5.09. The van der Waals surface area contributed by atoms with Crippen molar-refractivity contribution in [3.8, 4) is 5.75 Å². The first-order valence-electron chi connectivity index (χ1n) is 10.2. The SMILES string of the molecule is Cc1cccc(C(=O)Nc2ccc(NCC(=O)Nc3cccc(OC(C)C)c3)cc2)c1. The van der Waals surface area contributed by atoms with Crippen LogP contribution in [0.15, 0.2) is 72.8 Å². The molecule has 0 aliphatic carbocycles. The fraction of sp³-hybridized carbons (Fsp3) is 0.200. The van der Waals surface area contributed by atoms with Crippen molar-refractivity contribution in [3.63, 3.8) is 0 Å². The van der Waals surface area contributed by atoms with Gasteiger partial charge in [-0.05, 0) is 69.3 Å². The van der Waals surface area contributed by atoms with E-state index < -0.39 is 0 Å². The first-order valence-corrected chi connectivity index (χ1v) is 10.2. The van der Waals surface area contributed by atoms with Gasteiger partial charge in [0.05, 0.1) is 12.6 Å². The molecule has 3 rings (SSSR count). The minimum atomic E-state index is -0.168. The molecule has 6 heteroatoms. The number of carbonyl (C=O) groups is 2.